The molecule has 0 radical (unpaired) electrons. The summed E-state index contributed by atoms with van der Waals surface area (Å²) >= 11 is 1.21. The van der Waals surface area contributed by atoms with E-state index in [0.29, 0.717) is 66.4 Å². The van der Waals surface area contributed by atoms with E-state index in [1.165, 1.54) is 36.9 Å². The van der Waals surface area contributed by atoms with Crippen molar-refractivity contribution in [3.8, 4) is 0 Å². The second kappa shape index (κ2) is 10.3. The molecule has 186 valence electrons. The van der Waals surface area contributed by atoms with Gasteiger partial charge in [0.2, 0.25) is 11.8 Å². The Labute approximate surface area is 207 Å². The Bertz CT molecular complexity index is 1100. The number of hydrogen-bond donors (Lipinski definition) is 1. The smallest absolute Gasteiger partial charge is 0.289 e. The fourth-order valence-electron chi connectivity index (χ4n) is 5.33. The molecule has 0 unspecified atom stereocenters. The summed E-state index contributed by atoms with van der Waals surface area (Å²) in [6.45, 7) is 1.68. The number of carbonyl (C=O) groups is 4. The van der Waals surface area contributed by atoms with Gasteiger partial charge in [0.05, 0.1) is 22.8 Å². The van der Waals surface area contributed by atoms with Gasteiger partial charge in [0.25, 0.3) is 5.91 Å². The summed E-state index contributed by atoms with van der Waals surface area (Å²) in [5.74, 6) is -0.149. The van der Waals surface area contributed by atoms with Gasteiger partial charge in [-0.1, -0.05) is 30.6 Å². The molecule has 0 bridgehead atoms. The summed E-state index contributed by atoms with van der Waals surface area (Å²) in [6, 6.07) is 3.30. The highest BCUT2D eigenvalue weighted by Gasteiger charge is 2.36. The van der Waals surface area contributed by atoms with Crippen LogP contribution in [-0.4, -0.2) is 64.5 Å². The van der Waals surface area contributed by atoms with E-state index >= 15 is 0 Å². The quantitative estimate of drug-likeness (QED) is 0.676. The fraction of sp³-hybridized carbons (Fsp3) is 0.560. The molecule has 1 atom stereocenters. The third-order valence-corrected chi connectivity index (χ3v) is 8.28. The molecule has 1 saturated heterocycles. The molecule has 10 heteroatoms. The topological polar surface area (TPSA) is 113 Å². The van der Waals surface area contributed by atoms with Crippen LogP contribution in [0.2, 0.25) is 0 Å². The molecule has 3 amide bonds. The van der Waals surface area contributed by atoms with Crippen LogP contribution in [0.1, 0.15) is 70.9 Å². The number of rotatable bonds is 5. The minimum atomic E-state index is -0.463. The molecule has 9 nitrogen and oxygen atoms in total. The molecule has 2 aromatic rings. The molecule has 3 aliphatic rings. The van der Waals surface area contributed by atoms with Gasteiger partial charge < -0.3 is 19.5 Å². The Morgan fingerprint density at radius 3 is 2.51 bits per heavy atom. The number of piperazine rings is 1. The predicted molar refractivity (Wildman–Crippen MR) is 129 cm³/mol. The molecular weight excluding hydrogens is 468 g/mol. The number of aromatic nitrogens is 1. The van der Waals surface area contributed by atoms with E-state index in [2.05, 4.69) is 10.3 Å². The van der Waals surface area contributed by atoms with E-state index in [1.54, 1.807) is 21.9 Å². The molecule has 2 aromatic heterocycles. The van der Waals surface area contributed by atoms with Crippen molar-refractivity contribution in [3.63, 3.8) is 0 Å². The van der Waals surface area contributed by atoms with Crippen molar-refractivity contribution in [3.05, 3.63) is 34.7 Å². The first kappa shape index (κ1) is 23.7. The maximum Gasteiger partial charge on any atom is 0.289 e. The third kappa shape index (κ3) is 5.32. The summed E-state index contributed by atoms with van der Waals surface area (Å²) in [6.07, 6.45) is 8.30. The Balaban J connectivity index is 1.16. The van der Waals surface area contributed by atoms with Crippen LogP contribution in [0.15, 0.2) is 22.8 Å². The molecule has 1 saturated carbocycles. The minimum absolute atomic E-state index is 0.0509. The van der Waals surface area contributed by atoms with E-state index in [4.69, 9.17) is 4.42 Å². The monoisotopic (exact) mass is 498 g/mol. The average Bonchev–Trinajstić information content (AvgIpc) is 3.54. The molecule has 3 heterocycles. The van der Waals surface area contributed by atoms with Gasteiger partial charge in [0.1, 0.15) is 0 Å². The second-order valence-corrected chi connectivity index (χ2v) is 10.7. The highest BCUT2D eigenvalue weighted by atomic mass is 32.1. The van der Waals surface area contributed by atoms with Crippen LogP contribution in [0.3, 0.4) is 0 Å². The molecule has 0 spiro atoms. The lowest BCUT2D eigenvalue weighted by Crippen LogP contribution is -2.52. The van der Waals surface area contributed by atoms with E-state index in [-0.39, 0.29) is 29.9 Å². The summed E-state index contributed by atoms with van der Waals surface area (Å²) in [4.78, 5) is 59.4. The maximum absolute atomic E-state index is 13.2. The van der Waals surface area contributed by atoms with E-state index in [1.807, 2.05) is 0 Å². The number of Topliss-reactive ketones (excluding diaryl/α,β-unsaturated/α-hetero) is 1. The van der Waals surface area contributed by atoms with Crippen LogP contribution in [0.25, 0.3) is 0 Å². The van der Waals surface area contributed by atoms with Crippen LogP contribution >= 0.6 is 11.3 Å². The standard InChI is InChI=1S/C25H30N4O5S/c30-19-15-17(23(32)28-8-10-29(11-9-28)24(33)20-7-4-12-34-20)14-18-22(19)35-25(26-18)27-21(31)13-16-5-2-1-3-6-16/h4,7,12,16-17H,1-3,5-6,8-11,13-15H2,(H,26,27,31)/t17-/m1/s1. The Hall–Kier alpha value is -3.01. The number of thiazole rings is 1. The van der Waals surface area contributed by atoms with Crippen LogP contribution in [-0.2, 0) is 16.0 Å². The molecule has 0 aromatic carbocycles. The van der Waals surface area contributed by atoms with E-state index in [0.717, 1.165) is 12.8 Å². The zero-order chi connectivity index (χ0) is 24.4. The largest absolute Gasteiger partial charge is 0.459 e. The lowest BCUT2D eigenvalue weighted by Gasteiger charge is -2.36. The van der Waals surface area contributed by atoms with Crippen LogP contribution in [0.5, 0.6) is 0 Å². The third-order valence-electron chi connectivity index (χ3n) is 7.23. The number of anilines is 1. The summed E-state index contributed by atoms with van der Waals surface area (Å²) < 4.78 is 5.19. The molecule has 2 aliphatic carbocycles. The number of amides is 3. The number of fused-ring (bicyclic) bond motifs is 1. The molecule has 35 heavy (non-hydrogen) atoms. The molecular formula is C25H30N4O5S. The normalized spacial score (nSPS) is 21.0. The minimum Gasteiger partial charge on any atom is -0.459 e. The van der Waals surface area contributed by atoms with Gasteiger partial charge in [-0.2, -0.15) is 0 Å². The first-order valence-corrected chi connectivity index (χ1v) is 13.2. The van der Waals surface area contributed by atoms with Crippen molar-refractivity contribution in [2.45, 2.75) is 51.4 Å². The van der Waals surface area contributed by atoms with Crippen molar-refractivity contribution in [2.24, 2.45) is 11.8 Å². The van der Waals surface area contributed by atoms with Crippen molar-refractivity contribution < 1.29 is 23.6 Å². The highest BCUT2D eigenvalue weighted by molar-refractivity contribution is 7.17. The van der Waals surface area contributed by atoms with Crippen LogP contribution < -0.4 is 5.32 Å². The number of hydrogen-bond acceptors (Lipinski definition) is 7. The van der Waals surface area contributed by atoms with Crippen LogP contribution in [0, 0.1) is 11.8 Å². The Morgan fingerprint density at radius 1 is 1.06 bits per heavy atom. The lowest BCUT2D eigenvalue weighted by molar-refractivity contribution is -0.137. The van der Waals surface area contributed by atoms with Crippen molar-refractivity contribution in [2.75, 3.05) is 31.5 Å². The second-order valence-electron chi connectivity index (χ2n) is 9.67. The molecule has 1 aliphatic heterocycles. The van der Waals surface area contributed by atoms with Gasteiger partial charge in [-0.25, -0.2) is 4.98 Å². The van der Waals surface area contributed by atoms with Gasteiger partial charge in [0, 0.05) is 45.4 Å². The van der Waals surface area contributed by atoms with Gasteiger partial charge in [0.15, 0.2) is 16.7 Å². The first-order valence-electron chi connectivity index (χ1n) is 12.4. The van der Waals surface area contributed by atoms with Crippen molar-refractivity contribution in [1.29, 1.82) is 0 Å². The Kier molecular flexibility index (Phi) is 6.99. The maximum atomic E-state index is 13.2. The number of furan rings is 1. The van der Waals surface area contributed by atoms with Gasteiger partial charge >= 0.3 is 0 Å². The number of nitrogens with one attached hydrogen (secondary N) is 1. The molecule has 2 fully saturated rings. The van der Waals surface area contributed by atoms with Gasteiger partial charge in [-0.3, -0.25) is 19.2 Å². The van der Waals surface area contributed by atoms with Crippen molar-refractivity contribution >= 4 is 40.0 Å². The predicted octanol–water partition coefficient (Wildman–Crippen LogP) is 3.37. The number of nitrogens with zero attached hydrogens (tertiary/aromatic N) is 3. The van der Waals surface area contributed by atoms with Crippen LogP contribution in [0.4, 0.5) is 5.13 Å². The zero-order valence-corrected chi connectivity index (χ0v) is 20.5. The first-order chi connectivity index (χ1) is 17.0. The van der Waals surface area contributed by atoms with Gasteiger partial charge in [-0.15, -0.1) is 0 Å². The summed E-state index contributed by atoms with van der Waals surface area (Å²) in [7, 11) is 0. The van der Waals surface area contributed by atoms with E-state index in [9.17, 15) is 19.2 Å². The SMILES string of the molecule is O=C(CC1CCCCC1)Nc1nc2c(s1)C(=O)C[C@H](C(=O)N1CCN(C(=O)c3ccco3)CC1)C2. The van der Waals surface area contributed by atoms with E-state index < -0.39 is 5.92 Å². The average molecular weight is 499 g/mol. The summed E-state index contributed by atoms with van der Waals surface area (Å²) in [5.41, 5.74) is 0.601. The van der Waals surface area contributed by atoms with Crippen molar-refractivity contribution in [1.82, 2.24) is 14.8 Å². The zero-order valence-electron chi connectivity index (χ0n) is 19.7. The summed E-state index contributed by atoms with van der Waals surface area (Å²) in [5, 5.41) is 3.32. The lowest BCUT2D eigenvalue weighted by atomic mass is 9.87. The molecule has 5 rings (SSSR count). The number of carbonyl (C=O) groups excluding carboxylic acids is 4. The Morgan fingerprint density at radius 2 is 1.80 bits per heavy atom. The van der Waals surface area contributed by atoms with Gasteiger partial charge in [-0.05, 0) is 30.9 Å². The highest BCUT2D eigenvalue weighted by Crippen LogP contribution is 2.34. The fourth-order valence-corrected chi connectivity index (χ4v) is 6.28. The number of ketones is 1. The molecule has 1 N–H and O–H groups in total.